The van der Waals surface area contributed by atoms with Crippen LogP contribution in [0.3, 0.4) is 0 Å². The second-order valence-electron chi connectivity index (χ2n) is 13.1. The Labute approximate surface area is 305 Å². The third-order valence-corrected chi connectivity index (χ3v) is 9.87. The van der Waals surface area contributed by atoms with Gasteiger partial charge < -0.3 is 9.47 Å². The van der Waals surface area contributed by atoms with Gasteiger partial charge in [-0.2, -0.15) is 0 Å². The third kappa shape index (κ3) is 6.19. The molecule has 0 aliphatic heterocycles. The molecule has 2 heteroatoms. The van der Waals surface area contributed by atoms with Gasteiger partial charge in [0.05, 0.1) is 5.52 Å². The van der Waals surface area contributed by atoms with E-state index in [0.29, 0.717) is 0 Å². The quantitative estimate of drug-likeness (QED) is 0.157. The molecule has 52 heavy (non-hydrogen) atoms. The van der Waals surface area contributed by atoms with E-state index < -0.39 is 0 Å². The summed E-state index contributed by atoms with van der Waals surface area (Å²) in [5.41, 5.74) is 15.3. The monoisotopic (exact) mass is 664 g/mol. The number of rotatable bonds is 8. The van der Waals surface area contributed by atoms with Crippen molar-refractivity contribution in [2.45, 2.75) is 0 Å². The Hall–Kier alpha value is -6.90. The molecule has 0 unspecified atom stereocenters. The lowest BCUT2D eigenvalue weighted by atomic mass is 10.0. The largest absolute Gasteiger partial charge is 0.317 e. The molecule has 2 nitrogen and oxygen atoms in total. The summed E-state index contributed by atoms with van der Waals surface area (Å²) >= 11 is 0. The summed E-state index contributed by atoms with van der Waals surface area (Å²) in [6, 6.07) is 76.0. The predicted octanol–water partition coefficient (Wildman–Crippen LogP) is 13.8. The van der Waals surface area contributed by atoms with Crippen LogP contribution in [0.2, 0.25) is 0 Å². The van der Waals surface area contributed by atoms with Gasteiger partial charge in [0.25, 0.3) is 0 Å². The third-order valence-electron chi connectivity index (χ3n) is 9.87. The average molecular weight is 665 g/mol. The molecule has 1 heterocycles. The van der Waals surface area contributed by atoms with Crippen molar-refractivity contribution >= 4 is 28.0 Å². The molecule has 0 N–H and O–H groups in total. The van der Waals surface area contributed by atoms with Gasteiger partial charge in [0.15, 0.2) is 0 Å². The zero-order valence-electron chi connectivity index (χ0n) is 28.7. The Morgan fingerprint density at radius 3 is 1.06 bits per heavy atom. The number of anilines is 3. The van der Waals surface area contributed by atoms with Crippen LogP contribution in [-0.2, 0) is 0 Å². The number of fused-ring (bicyclic) bond motifs is 1. The molecule has 9 aromatic rings. The van der Waals surface area contributed by atoms with Crippen LogP contribution in [0.4, 0.5) is 17.1 Å². The summed E-state index contributed by atoms with van der Waals surface area (Å²) in [6.45, 7) is 0. The number of benzene rings is 8. The van der Waals surface area contributed by atoms with E-state index in [0.717, 1.165) is 22.7 Å². The SMILES string of the molecule is c1ccc(-c2ccc(N(c3ccc(-c4ccccc4)cc3)c3ccc(-c4ccc(-n5ccc6cc(-c7ccccc7)ccc65)cc4)cc3)cc2)cc1. The molecule has 8 aromatic carbocycles. The van der Waals surface area contributed by atoms with Gasteiger partial charge in [0.1, 0.15) is 0 Å². The average Bonchev–Trinajstić information content (AvgIpc) is 3.66. The number of nitrogens with zero attached hydrogens (tertiary/aromatic N) is 2. The van der Waals surface area contributed by atoms with Crippen molar-refractivity contribution in [2.75, 3.05) is 4.90 Å². The Kier molecular flexibility index (Phi) is 8.24. The summed E-state index contributed by atoms with van der Waals surface area (Å²) in [5, 5.41) is 1.23. The first kappa shape index (κ1) is 31.1. The van der Waals surface area contributed by atoms with E-state index in [1.165, 1.54) is 55.4 Å². The van der Waals surface area contributed by atoms with Crippen molar-refractivity contribution in [3.63, 3.8) is 0 Å². The smallest absolute Gasteiger partial charge is 0.0528 e. The molecule has 0 fully saturated rings. The standard InChI is InChI=1S/C50H36N2/c1-4-10-37(11-5-1)40-18-27-47(28-19-40)52(48-29-20-41(21-30-48)38-12-6-2-7-13-38)49-31-22-43(23-32-49)42-16-25-46(26-17-42)51-35-34-45-36-44(24-33-50(45)51)39-14-8-3-9-15-39/h1-36H. The fraction of sp³-hybridized carbons (Fsp3) is 0. The van der Waals surface area contributed by atoms with Gasteiger partial charge in [-0.15, -0.1) is 0 Å². The van der Waals surface area contributed by atoms with Crippen molar-refractivity contribution < 1.29 is 0 Å². The van der Waals surface area contributed by atoms with Gasteiger partial charge in [-0.25, -0.2) is 0 Å². The zero-order chi connectivity index (χ0) is 34.7. The van der Waals surface area contributed by atoms with Gasteiger partial charge in [-0.05, 0) is 111 Å². The maximum atomic E-state index is 2.33. The minimum Gasteiger partial charge on any atom is -0.317 e. The van der Waals surface area contributed by atoms with Crippen molar-refractivity contribution in [2.24, 2.45) is 0 Å². The highest BCUT2D eigenvalue weighted by Gasteiger charge is 2.14. The van der Waals surface area contributed by atoms with Gasteiger partial charge in [-0.1, -0.05) is 146 Å². The molecular formula is C50H36N2. The fourth-order valence-electron chi connectivity index (χ4n) is 7.11. The highest BCUT2D eigenvalue weighted by atomic mass is 15.1. The highest BCUT2D eigenvalue weighted by Crippen LogP contribution is 2.38. The molecule has 1 aromatic heterocycles. The first-order chi connectivity index (χ1) is 25.8. The summed E-state index contributed by atoms with van der Waals surface area (Å²) in [4.78, 5) is 2.33. The van der Waals surface area contributed by atoms with Crippen LogP contribution in [0.25, 0.3) is 61.1 Å². The van der Waals surface area contributed by atoms with Crippen molar-refractivity contribution in [1.82, 2.24) is 4.57 Å². The van der Waals surface area contributed by atoms with Gasteiger partial charge in [0, 0.05) is 34.3 Å². The summed E-state index contributed by atoms with van der Waals surface area (Å²) in [6.07, 6.45) is 2.16. The van der Waals surface area contributed by atoms with Crippen LogP contribution in [-0.4, -0.2) is 4.57 Å². The van der Waals surface area contributed by atoms with Crippen LogP contribution < -0.4 is 4.90 Å². The molecule has 0 saturated carbocycles. The van der Waals surface area contributed by atoms with Crippen molar-refractivity contribution in [3.8, 4) is 50.2 Å². The van der Waals surface area contributed by atoms with Crippen LogP contribution >= 0.6 is 0 Å². The van der Waals surface area contributed by atoms with E-state index in [1.807, 2.05) is 0 Å². The molecular weight excluding hydrogens is 629 g/mol. The maximum absolute atomic E-state index is 2.33. The van der Waals surface area contributed by atoms with E-state index in [4.69, 9.17) is 0 Å². The summed E-state index contributed by atoms with van der Waals surface area (Å²) in [5.74, 6) is 0. The van der Waals surface area contributed by atoms with E-state index in [9.17, 15) is 0 Å². The zero-order valence-corrected chi connectivity index (χ0v) is 28.7. The van der Waals surface area contributed by atoms with Crippen molar-refractivity contribution in [3.05, 3.63) is 219 Å². The van der Waals surface area contributed by atoms with Crippen molar-refractivity contribution in [1.29, 1.82) is 0 Å². The lowest BCUT2D eigenvalue weighted by Gasteiger charge is -2.26. The minimum atomic E-state index is 1.11. The van der Waals surface area contributed by atoms with E-state index >= 15 is 0 Å². The second-order valence-corrected chi connectivity index (χ2v) is 13.1. The van der Waals surface area contributed by atoms with Crippen LogP contribution in [0, 0.1) is 0 Å². The van der Waals surface area contributed by atoms with E-state index in [1.54, 1.807) is 0 Å². The molecule has 0 aliphatic carbocycles. The molecule has 0 amide bonds. The summed E-state index contributed by atoms with van der Waals surface area (Å²) in [7, 11) is 0. The van der Waals surface area contributed by atoms with E-state index in [2.05, 4.69) is 228 Å². The topological polar surface area (TPSA) is 8.17 Å². The maximum Gasteiger partial charge on any atom is 0.0528 e. The minimum absolute atomic E-state index is 1.11. The lowest BCUT2D eigenvalue weighted by Crippen LogP contribution is -2.09. The Morgan fingerprint density at radius 1 is 0.288 bits per heavy atom. The molecule has 0 spiro atoms. The predicted molar refractivity (Wildman–Crippen MR) is 220 cm³/mol. The lowest BCUT2D eigenvalue weighted by molar-refractivity contribution is 1.13. The highest BCUT2D eigenvalue weighted by molar-refractivity contribution is 5.87. The van der Waals surface area contributed by atoms with Crippen LogP contribution in [0.1, 0.15) is 0 Å². The molecule has 0 saturated heterocycles. The normalized spacial score (nSPS) is 11.1. The first-order valence-corrected chi connectivity index (χ1v) is 17.8. The van der Waals surface area contributed by atoms with Gasteiger partial charge >= 0.3 is 0 Å². The van der Waals surface area contributed by atoms with Gasteiger partial charge in [0.2, 0.25) is 0 Å². The molecule has 246 valence electrons. The Bertz CT molecular complexity index is 2470. The van der Waals surface area contributed by atoms with E-state index in [-0.39, 0.29) is 0 Å². The van der Waals surface area contributed by atoms with Crippen LogP contribution in [0.15, 0.2) is 219 Å². The molecule has 0 aliphatic rings. The molecule has 0 atom stereocenters. The molecule has 0 bridgehead atoms. The second kappa shape index (κ2) is 13.8. The number of hydrogen-bond donors (Lipinski definition) is 0. The Morgan fingerprint density at radius 2 is 0.635 bits per heavy atom. The molecule has 9 rings (SSSR count). The number of aromatic nitrogens is 1. The van der Waals surface area contributed by atoms with Crippen LogP contribution in [0.5, 0.6) is 0 Å². The number of hydrogen-bond acceptors (Lipinski definition) is 1. The molecule has 0 radical (unpaired) electrons. The fourth-order valence-corrected chi connectivity index (χ4v) is 7.11. The summed E-state index contributed by atoms with van der Waals surface area (Å²) < 4.78 is 2.26. The Balaban J connectivity index is 1.00. The van der Waals surface area contributed by atoms with Gasteiger partial charge in [-0.3, -0.25) is 0 Å². The first-order valence-electron chi connectivity index (χ1n) is 17.8.